The highest BCUT2D eigenvalue weighted by atomic mass is 32.1. The van der Waals surface area contributed by atoms with E-state index in [2.05, 4.69) is 4.98 Å². The van der Waals surface area contributed by atoms with Crippen molar-refractivity contribution in [2.24, 2.45) is 23.2 Å². The van der Waals surface area contributed by atoms with Gasteiger partial charge in [-0.2, -0.15) is 0 Å². The molecule has 0 aliphatic carbocycles. The van der Waals surface area contributed by atoms with Gasteiger partial charge in [0.15, 0.2) is 5.78 Å². The van der Waals surface area contributed by atoms with Gasteiger partial charge in [-0.15, -0.1) is 11.3 Å². The average molecular weight is 519 g/mol. The molecule has 1 aliphatic heterocycles. The molecule has 0 spiro atoms. The van der Waals surface area contributed by atoms with Crippen LogP contribution in [0, 0.1) is 30.1 Å². The average Bonchev–Trinajstić information content (AvgIpc) is 3.23. The molecular weight excluding hydrogens is 476 g/mol. The first-order chi connectivity index (χ1) is 16.7. The quantitative estimate of drug-likeness (QED) is 0.607. The first kappa shape index (κ1) is 30.1. The normalized spacial score (nSPS) is 32.6. The van der Waals surface area contributed by atoms with Gasteiger partial charge in [-0.05, 0) is 50.3 Å². The summed E-state index contributed by atoms with van der Waals surface area (Å²) in [5.41, 5.74) is 0.536. The Balaban J connectivity index is 2.45. The predicted octanol–water partition coefficient (Wildman–Crippen LogP) is 4.22. The van der Waals surface area contributed by atoms with Crippen molar-refractivity contribution in [3.8, 4) is 0 Å². The molecule has 8 heteroatoms. The molecule has 7 nitrogen and oxygen atoms in total. The third-order valence-electron chi connectivity index (χ3n) is 7.61. The van der Waals surface area contributed by atoms with E-state index in [-0.39, 0.29) is 35.9 Å². The number of ketones is 2. The first-order valence-corrected chi connectivity index (χ1v) is 13.5. The SMILES string of the molecule is C/C(=C\c1csc(C)n1)[C@@H]1CCC(C)/C=C/C(=O)[C@H](C)[C@H](O)[C@@H](C)C(=O)C(C)(C)[C@@H](O)CC(=O)N1C. The second-order valence-electron chi connectivity index (χ2n) is 10.9. The minimum atomic E-state index is -1.28. The molecule has 0 aromatic carbocycles. The van der Waals surface area contributed by atoms with Crippen LogP contribution in [0.4, 0.5) is 0 Å². The minimum Gasteiger partial charge on any atom is -0.392 e. The molecule has 2 heterocycles. The number of likely N-dealkylation sites (N-methyl/N-ethyl adjacent to an activating group) is 1. The van der Waals surface area contributed by atoms with E-state index in [0.717, 1.165) is 22.7 Å². The Bertz CT molecular complexity index is 1010. The van der Waals surface area contributed by atoms with Gasteiger partial charge in [0.1, 0.15) is 5.78 Å². The van der Waals surface area contributed by atoms with Crippen molar-refractivity contribution >= 4 is 34.9 Å². The molecular formula is C28H42N2O5S. The molecule has 1 aromatic rings. The zero-order valence-electron chi connectivity index (χ0n) is 22.8. The van der Waals surface area contributed by atoms with Crippen LogP contribution in [0.1, 0.15) is 71.5 Å². The summed E-state index contributed by atoms with van der Waals surface area (Å²) in [6, 6.07) is -0.232. The lowest BCUT2D eigenvalue weighted by atomic mass is 9.73. The lowest BCUT2D eigenvalue weighted by Gasteiger charge is -2.36. The third kappa shape index (κ3) is 7.20. The van der Waals surface area contributed by atoms with Crippen LogP contribution < -0.4 is 0 Å². The number of aliphatic hydroxyl groups excluding tert-OH is 2. The molecule has 1 unspecified atom stereocenters. The van der Waals surface area contributed by atoms with Crippen LogP contribution in [0.15, 0.2) is 23.1 Å². The highest BCUT2D eigenvalue weighted by molar-refractivity contribution is 7.09. The van der Waals surface area contributed by atoms with Crippen LogP contribution in [0.25, 0.3) is 6.08 Å². The smallest absolute Gasteiger partial charge is 0.225 e. The Kier molecular flexibility index (Phi) is 10.3. The summed E-state index contributed by atoms with van der Waals surface area (Å²) in [4.78, 5) is 45.5. The van der Waals surface area contributed by atoms with Crippen LogP contribution in [-0.2, 0) is 14.4 Å². The summed E-state index contributed by atoms with van der Waals surface area (Å²) in [5.74, 6) is -2.45. The van der Waals surface area contributed by atoms with Crippen molar-refractivity contribution in [3.05, 3.63) is 33.8 Å². The fraction of sp³-hybridized carbons (Fsp3) is 0.643. The van der Waals surface area contributed by atoms with Gasteiger partial charge in [0.25, 0.3) is 0 Å². The van der Waals surface area contributed by atoms with E-state index >= 15 is 0 Å². The molecule has 200 valence electrons. The van der Waals surface area contributed by atoms with Crippen LogP contribution in [0.2, 0.25) is 0 Å². The number of thiazole rings is 1. The van der Waals surface area contributed by atoms with Gasteiger partial charge in [0, 0.05) is 24.3 Å². The van der Waals surface area contributed by atoms with E-state index in [9.17, 15) is 24.6 Å². The summed E-state index contributed by atoms with van der Waals surface area (Å²) in [5, 5.41) is 24.7. The van der Waals surface area contributed by atoms with Gasteiger partial charge in [0.2, 0.25) is 5.91 Å². The van der Waals surface area contributed by atoms with E-state index in [4.69, 9.17) is 0 Å². The zero-order valence-corrected chi connectivity index (χ0v) is 23.6. The number of nitrogens with zero attached hydrogens (tertiary/aromatic N) is 2. The summed E-state index contributed by atoms with van der Waals surface area (Å²) < 4.78 is 0. The number of rotatable bonds is 2. The predicted molar refractivity (Wildman–Crippen MR) is 143 cm³/mol. The number of carbonyl (C=O) groups excluding carboxylic acids is 3. The Morgan fingerprint density at radius 3 is 2.36 bits per heavy atom. The van der Waals surface area contributed by atoms with Crippen LogP contribution >= 0.6 is 11.3 Å². The number of Topliss-reactive ketones (excluding diaryl/α,β-unsaturated/α-hetero) is 1. The molecule has 0 fully saturated rings. The standard InChI is InChI=1S/C28H42N2O5S/c1-16-9-11-22(17(2)13-21-15-36-20(5)29-21)30(8)25(33)14-24(32)28(6,7)27(35)19(4)26(34)18(3)23(31)12-10-16/h10,12-13,15-16,18-19,22,24,26,32,34H,9,11,14H2,1-8H3/b12-10+,17-13+/t16?,18-,19+,22-,24-,26-/m0/s1. The zero-order chi connectivity index (χ0) is 27.4. The lowest BCUT2D eigenvalue weighted by Crippen LogP contribution is -2.48. The molecule has 1 amide bonds. The van der Waals surface area contributed by atoms with Gasteiger partial charge in [-0.25, -0.2) is 4.98 Å². The molecule has 1 aromatic heterocycles. The summed E-state index contributed by atoms with van der Waals surface area (Å²) in [7, 11) is 1.72. The first-order valence-electron chi connectivity index (χ1n) is 12.6. The maximum Gasteiger partial charge on any atom is 0.225 e. The van der Waals surface area contributed by atoms with Crippen LogP contribution in [0.3, 0.4) is 0 Å². The van der Waals surface area contributed by atoms with E-state index in [0.29, 0.717) is 6.42 Å². The number of allylic oxidation sites excluding steroid dienone is 2. The van der Waals surface area contributed by atoms with E-state index in [1.165, 1.54) is 6.08 Å². The Hall–Kier alpha value is -2.16. The van der Waals surface area contributed by atoms with Crippen molar-refractivity contribution < 1.29 is 24.6 Å². The highest BCUT2D eigenvalue weighted by Crippen LogP contribution is 2.32. The van der Waals surface area contributed by atoms with Crippen LogP contribution in [-0.4, -0.2) is 62.9 Å². The van der Waals surface area contributed by atoms with Gasteiger partial charge >= 0.3 is 0 Å². The van der Waals surface area contributed by atoms with E-state index in [1.807, 2.05) is 38.3 Å². The molecule has 0 bridgehead atoms. The summed E-state index contributed by atoms with van der Waals surface area (Å²) in [6.07, 6.45) is 4.05. The molecule has 2 rings (SSSR count). The number of aryl methyl sites for hydroxylation is 1. The summed E-state index contributed by atoms with van der Waals surface area (Å²) >= 11 is 1.56. The maximum atomic E-state index is 13.3. The number of aliphatic hydroxyl groups is 2. The molecule has 36 heavy (non-hydrogen) atoms. The maximum absolute atomic E-state index is 13.3. The Labute approximate surface area is 219 Å². The second kappa shape index (κ2) is 12.4. The number of carbonyl (C=O) groups is 3. The second-order valence-corrected chi connectivity index (χ2v) is 12.0. The van der Waals surface area contributed by atoms with Crippen LogP contribution in [0.5, 0.6) is 0 Å². The number of aromatic nitrogens is 1. The van der Waals surface area contributed by atoms with Crippen molar-refractivity contribution in [1.82, 2.24) is 9.88 Å². The van der Waals surface area contributed by atoms with Crippen molar-refractivity contribution in [2.45, 2.75) is 86.0 Å². The third-order valence-corrected chi connectivity index (χ3v) is 8.40. The summed E-state index contributed by atoms with van der Waals surface area (Å²) in [6.45, 7) is 12.3. The minimum absolute atomic E-state index is 0.0649. The Morgan fingerprint density at radius 2 is 1.78 bits per heavy atom. The number of hydrogen-bond donors (Lipinski definition) is 2. The molecule has 2 N–H and O–H groups in total. The Morgan fingerprint density at radius 1 is 1.14 bits per heavy atom. The molecule has 6 atom stereocenters. The van der Waals surface area contributed by atoms with Gasteiger partial charge in [-0.1, -0.05) is 40.7 Å². The topological polar surface area (TPSA) is 108 Å². The van der Waals surface area contributed by atoms with Crippen molar-refractivity contribution in [2.75, 3.05) is 7.05 Å². The highest BCUT2D eigenvalue weighted by Gasteiger charge is 2.43. The largest absolute Gasteiger partial charge is 0.392 e. The molecule has 0 radical (unpaired) electrons. The molecule has 1 aliphatic rings. The monoisotopic (exact) mass is 518 g/mol. The van der Waals surface area contributed by atoms with E-state index in [1.54, 1.807) is 51.0 Å². The molecule has 0 saturated carbocycles. The van der Waals surface area contributed by atoms with Crippen molar-refractivity contribution in [3.63, 3.8) is 0 Å². The van der Waals surface area contributed by atoms with Crippen molar-refractivity contribution in [1.29, 1.82) is 0 Å². The number of amides is 1. The molecule has 0 saturated heterocycles. The fourth-order valence-electron chi connectivity index (χ4n) is 4.68. The fourth-order valence-corrected chi connectivity index (χ4v) is 5.25. The van der Waals surface area contributed by atoms with Gasteiger partial charge in [0.05, 0.1) is 40.8 Å². The van der Waals surface area contributed by atoms with Gasteiger partial charge in [-0.3, -0.25) is 14.4 Å². The lowest BCUT2D eigenvalue weighted by molar-refractivity contribution is -0.145. The van der Waals surface area contributed by atoms with Gasteiger partial charge < -0.3 is 15.1 Å². The number of hydrogen-bond acceptors (Lipinski definition) is 7. The van der Waals surface area contributed by atoms with E-state index < -0.39 is 29.5 Å².